The van der Waals surface area contributed by atoms with Crippen LogP contribution >= 0.6 is 11.8 Å². The third-order valence-corrected chi connectivity index (χ3v) is 3.20. The van der Waals surface area contributed by atoms with E-state index in [1.165, 1.54) is 25.3 Å². The van der Waals surface area contributed by atoms with Crippen molar-refractivity contribution in [1.82, 2.24) is 0 Å². The number of hydrogen-bond acceptors (Lipinski definition) is 4. The normalized spacial score (nSPS) is 13.1. The van der Waals surface area contributed by atoms with Gasteiger partial charge in [0.1, 0.15) is 0 Å². The van der Waals surface area contributed by atoms with Crippen molar-refractivity contribution >= 4 is 23.4 Å². The van der Waals surface area contributed by atoms with Crippen LogP contribution in [0.15, 0.2) is 29.2 Å². The number of nitrogens with one attached hydrogen (secondary N) is 1. The molecule has 0 heterocycles. The molecule has 4 nitrogen and oxygen atoms in total. The zero-order valence-corrected chi connectivity index (χ0v) is 11.6. The molecule has 1 atom stereocenters. The van der Waals surface area contributed by atoms with E-state index in [4.69, 9.17) is 10.5 Å². The average Bonchev–Trinajstić information content (AvgIpc) is 2.36. The van der Waals surface area contributed by atoms with Crippen LogP contribution < -0.4 is 11.1 Å². The van der Waals surface area contributed by atoms with Gasteiger partial charge in [0.05, 0.1) is 18.2 Å². The molecule has 112 valence electrons. The van der Waals surface area contributed by atoms with Crippen molar-refractivity contribution in [3.8, 4) is 0 Å². The minimum absolute atomic E-state index is 0.0159. The van der Waals surface area contributed by atoms with E-state index in [9.17, 15) is 18.0 Å². The molecular formula is C12H15F3N2O2S. The van der Waals surface area contributed by atoms with Crippen LogP contribution in [0.4, 0.5) is 18.9 Å². The quantitative estimate of drug-likeness (QED) is 0.793. The van der Waals surface area contributed by atoms with Crippen molar-refractivity contribution in [3.63, 3.8) is 0 Å². The van der Waals surface area contributed by atoms with Crippen molar-refractivity contribution in [2.75, 3.05) is 19.0 Å². The van der Waals surface area contributed by atoms with Gasteiger partial charge in [0.15, 0.2) is 0 Å². The number of benzene rings is 1. The third kappa shape index (κ3) is 5.81. The highest BCUT2D eigenvalue weighted by atomic mass is 32.2. The van der Waals surface area contributed by atoms with Gasteiger partial charge in [0.25, 0.3) is 0 Å². The van der Waals surface area contributed by atoms with Gasteiger partial charge >= 0.3 is 5.51 Å². The number of carbonyl (C=O) groups excluding carboxylic acids is 1. The van der Waals surface area contributed by atoms with E-state index < -0.39 is 17.5 Å². The van der Waals surface area contributed by atoms with Gasteiger partial charge in [0, 0.05) is 18.6 Å². The van der Waals surface area contributed by atoms with Gasteiger partial charge in [-0.3, -0.25) is 4.79 Å². The molecule has 0 aromatic heterocycles. The maximum absolute atomic E-state index is 12.4. The van der Waals surface area contributed by atoms with Gasteiger partial charge in [0.2, 0.25) is 5.91 Å². The first-order valence-electron chi connectivity index (χ1n) is 5.73. The zero-order chi connectivity index (χ0) is 15.2. The molecule has 0 bridgehead atoms. The summed E-state index contributed by atoms with van der Waals surface area (Å²) >= 11 is -0.271. The molecular weight excluding hydrogens is 293 g/mol. The molecule has 0 aliphatic carbocycles. The number of hydrogen-bond donors (Lipinski definition) is 2. The zero-order valence-electron chi connectivity index (χ0n) is 10.7. The van der Waals surface area contributed by atoms with E-state index >= 15 is 0 Å². The van der Waals surface area contributed by atoms with E-state index in [1.807, 2.05) is 0 Å². The number of halogens is 3. The minimum Gasteiger partial charge on any atom is -0.380 e. The Morgan fingerprint density at radius 3 is 2.65 bits per heavy atom. The summed E-state index contributed by atoms with van der Waals surface area (Å²) in [5.74, 6) is -0.447. The minimum atomic E-state index is -4.41. The summed E-state index contributed by atoms with van der Waals surface area (Å²) in [5, 5.41) is 2.44. The monoisotopic (exact) mass is 308 g/mol. The first-order chi connectivity index (χ1) is 9.35. The maximum Gasteiger partial charge on any atom is 0.446 e. The van der Waals surface area contributed by atoms with Gasteiger partial charge in [-0.15, -0.1) is 0 Å². The van der Waals surface area contributed by atoms with Crippen LogP contribution in [0.3, 0.4) is 0 Å². The van der Waals surface area contributed by atoms with E-state index in [0.717, 1.165) is 0 Å². The summed E-state index contributed by atoms with van der Waals surface area (Å²) in [6, 6.07) is 5.73. The molecule has 0 spiro atoms. The number of methoxy groups -OCH3 is 1. The molecule has 8 heteroatoms. The summed E-state index contributed by atoms with van der Waals surface area (Å²) in [6.45, 7) is 0.156. The number of ether oxygens (including phenoxy) is 1. The first kappa shape index (κ1) is 16.8. The molecule has 0 aliphatic heterocycles. The Labute approximate surface area is 118 Å². The number of anilines is 1. The standard InChI is InChI=1S/C12H15F3N2O2S/c1-19-8(7-16)6-11(18)17-9-4-2-3-5-10(9)20-12(13,14)15/h2-5,8H,6-7,16H2,1H3,(H,17,18). The lowest BCUT2D eigenvalue weighted by Gasteiger charge is -2.15. The fourth-order valence-electron chi connectivity index (χ4n) is 1.45. The van der Waals surface area contributed by atoms with Crippen LogP contribution in [0.5, 0.6) is 0 Å². The fourth-order valence-corrected chi connectivity index (χ4v) is 2.08. The fraction of sp³-hybridized carbons (Fsp3) is 0.417. The van der Waals surface area contributed by atoms with E-state index in [2.05, 4.69) is 5.32 Å². The van der Waals surface area contributed by atoms with E-state index in [0.29, 0.717) is 0 Å². The largest absolute Gasteiger partial charge is 0.446 e. The molecule has 1 amide bonds. The number of rotatable bonds is 6. The van der Waals surface area contributed by atoms with Crippen molar-refractivity contribution in [3.05, 3.63) is 24.3 Å². The Kier molecular flexibility index (Phi) is 6.31. The van der Waals surface area contributed by atoms with Crippen LogP contribution in [0.2, 0.25) is 0 Å². The molecule has 0 saturated heterocycles. The van der Waals surface area contributed by atoms with Crippen LogP contribution in [0.1, 0.15) is 6.42 Å². The smallest absolute Gasteiger partial charge is 0.380 e. The van der Waals surface area contributed by atoms with Gasteiger partial charge < -0.3 is 15.8 Å². The molecule has 0 aliphatic rings. The second-order valence-electron chi connectivity index (χ2n) is 3.89. The lowest BCUT2D eigenvalue weighted by Crippen LogP contribution is -2.28. The summed E-state index contributed by atoms with van der Waals surface area (Å²) in [5.41, 5.74) is 1.09. The van der Waals surface area contributed by atoms with Crippen LogP contribution in [0, 0.1) is 0 Å². The third-order valence-electron chi connectivity index (χ3n) is 2.40. The Hall–Kier alpha value is -1.25. The Balaban J connectivity index is 2.74. The van der Waals surface area contributed by atoms with Gasteiger partial charge in [-0.05, 0) is 23.9 Å². The molecule has 0 fully saturated rings. The second-order valence-corrected chi connectivity index (χ2v) is 5.00. The molecule has 1 aromatic carbocycles. The van der Waals surface area contributed by atoms with Gasteiger partial charge in [-0.25, -0.2) is 0 Å². The molecule has 0 saturated carbocycles. The number of carbonyl (C=O) groups is 1. The van der Waals surface area contributed by atoms with Crippen molar-refractivity contribution in [2.45, 2.75) is 22.9 Å². The van der Waals surface area contributed by atoms with Crippen molar-refractivity contribution < 1.29 is 22.7 Å². The predicted molar refractivity (Wildman–Crippen MR) is 71.5 cm³/mol. The highest BCUT2D eigenvalue weighted by molar-refractivity contribution is 8.00. The summed E-state index contributed by atoms with van der Waals surface area (Å²) < 4.78 is 42.1. The van der Waals surface area contributed by atoms with Crippen LogP contribution in [-0.2, 0) is 9.53 Å². The van der Waals surface area contributed by atoms with Gasteiger partial charge in [-0.1, -0.05) is 12.1 Å². The van der Waals surface area contributed by atoms with Crippen molar-refractivity contribution in [2.24, 2.45) is 5.73 Å². The molecule has 1 unspecified atom stereocenters. The summed E-state index contributed by atoms with van der Waals surface area (Å²) in [7, 11) is 1.41. The topological polar surface area (TPSA) is 64.3 Å². The Morgan fingerprint density at radius 2 is 2.10 bits per heavy atom. The molecule has 1 rings (SSSR count). The van der Waals surface area contributed by atoms with Gasteiger partial charge in [-0.2, -0.15) is 13.2 Å². The van der Waals surface area contributed by atoms with Crippen LogP contribution in [0.25, 0.3) is 0 Å². The molecule has 0 radical (unpaired) electrons. The van der Waals surface area contributed by atoms with Crippen molar-refractivity contribution in [1.29, 1.82) is 0 Å². The number of para-hydroxylation sites is 1. The molecule has 20 heavy (non-hydrogen) atoms. The number of amides is 1. The lowest BCUT2D eigenvalue weighted by atomic mass is 10.2. The Bertz CT molecular complexity index is 451. The molecule has 3 N–H and O–H groups in total. The highest BCUT2D eigenvalue weighted by Crippen LogP contribution is 2.40. The van der Waals surface area contributed by atoms with E-state index in [-0.39, 0.29) is 35.3 Å². The summed E-state index contributed by atoms with van der Waals surface area (Å²) in [6.07, 6.45) is -0.477. The highest BCUT2D eigenvalue weighted by Gasteiger charge is 2.30. The Morgan fingerprint density at radius 1 is 1.45 bits per heavy atom. The SMILES string of the molecule is COC(CN)CC(=O)Nc1ccccc1SC(F)(F)F. The maximum atomic E-state index is 12.4. The average molecular weight is 308 g/mol. The number of alkyl halides is 3. The lowest BCUT2D eigenvalue weighted by molar-refractivity contribution is -0.118. The predicted octanol–water partition coefficient (Wildman–Crippen LogP) is 2.60. The second kappa shape index (κ2) is 7.51. The first-order valence-corrected chi connectivity index (χ1v) is 6.55. The number of nitrogens with two attached hydrogens (primary N) is 1. The number of thioether (sulfide) groups is 1. The summed E-state index contributed by atoms with van der Waals surface area (Å²) in [4.78, 5) is 11.7. The van der Waals surface area contributed by atoms with Crippen LogP contribution in [-0.4, -0.2) is 31.2 Å². The molecule has 1 aromatic rings. The van der Waals surface area contributed by atoms with E-state index in [1.54, 1.807) is 6.07 Å².